The largest absolute Gasteiger partial charge is 0.487 e. The van der Waals surface area contributed by atoms with E-state index in [9.17, 15) is 27.2 Å². The van der Waals surface area contributed by atoms with E-state index in [1.165, 1.54) is 4.90 Å². The lowest BCUT2D eigenvalue weighted by Gasteiger charge is -2.33. The van der Waals surface area contributed by atoms with Crippen LogP contribution in [0.3, 0.4) is 0 Å². The highest BCUT2D eigenvalue weighted by Gasteiger charge is 2.31. The quantitative estimate of drug-likeness (QED) is 0.694. The zero-order chi connectivity index (χ0) is 22.7. The molecule has 0 aromatic heterocycles. The number of halogens is 4. The number of ether oxygens (including phenoxy) is 3. The van der Waals surface area contributed by atoms with Crippen molar-refractivity contribution < 1.29 is 46.5 Å². The van der Waals surface area contributed by atoms with Crippen molar-refractivity contribution in [1.29, 1.82) is 0 Å². The molecule has 0 atom stereocenters. The summed E-state index contributed by atoms with van der Waals surface area (Å²) in [6, 6.07) is 1.35. The topological polar surface area (TPSA) is 85.3 Å². The molecule has 1 aromatic carbocycles. The number of hydrogen-bond acceptors (Lipinski definition) is 5. The van der Waals surface area contributed by atoms with Crippen molar-refractivity contribution in [3.63, 3.8) is 0 Å². The molecule has 1 aromatic rings. The second-order valence-electron chi connectivity index (χ2n) is 7.77. The first-order chi connectivity index (χ1) is 13.7. The number of carboxylic acid groups (broad SMARTS) is 1. The standard InChI is InChI=1S/C19H23F4NO6/c1-18(2,3)30-17(27)24-6-4-11(5-7-24)29-15-9-14(28-10-19(21,22)23)12(16(25)26)8-13(15)20/h8-9,11H,4-7,10H2,1-3H3,(H,25,26). The molecule has 0 spiro atoms. The van der Waals surface area contributed by atoms with Crippen LogP contribution in [-0.4, -0.2) is 59.6 Å². The number of rotatable bonds is 5. The molecule has 0 bridgehead atoms. The fraction of sp³-hybridized carbons (Fsp3) is 0.579. The fourth-order valence-corrected chi connectivity index (χ4v) is 2.73. The molecule has 168 valence electrons. The highest BCUT2D eigenvalue weighted by molar-refractivity contribution is 5.91. The van der Waals surface area contributed by atoms with Gasteiger partial charge in [-0.15, -0.1) is 0 Å². The maximum absolute atomic E-state index is 14.3. The number of nitrogens with zero attached hydrogens (tertiary/aromatic N) is 1. The van der Waals surface area contributed by atoms with Gasteiger partial charge in [0, 0.05) is 32.0 Å². The SMILES string of the molecule is CC(C)(C)OC(=O)N1CCC(Oc2cc(OCC(F)(F)F)c(C(=O)O)cc2F)CC1. The first-order valence-corrected chi connectivity index (χ1v) is 9.16. The van der Waals surface area contributed by atoms with Crippen LogP contribution in [0.25, 0.3) is 0 Å². The van der Waals surface area contributed by atoms with Gasteiger partial charge in [0.05, 0.1) is 0 Å². The maximum Gasteiger partial charge on any atom is 0.422 e. The van der Waals surface area contributed by atoms with Gasteiger partial charge in [0.15, 0.2) is 18.2 Å². The highest BCUT2D eigenvalue weighted by Crippen LogP contribution is 2.32. The average molecular weight is 437 g/mol. The van der Waals surface area contributed by atoms with E-state index in [-0.39, 0.29) is 13.1 Å². The third-order valence-electron chi connectivity index (χ3n) is 4.04. The first-order valence-electron chi connectivity index (χ1n) is 9.16. The summed E-state index contributed by atoms with van der Waals surface area (Å²) in [4.78, 5) is 24.7. The van der Waals surface area contributed by atoms with Crippen molar-refractivity contribution in [2.24, 2.45) is 0 Å². The minimum atomic E-state index is -4.69. The Morgan fingerprint density at radius 1 is 1.13 bits per heavy atom. The Hall–Kier alpha value is -2.72. The van der Waals surface area contributed by atoms with E-state index in [4.69, 9.17) is 14.6 Å². The molecule has 30 heavy (non-hydrogen) atoms. The normalized spacial score (nSPS) is 15.6. The van der Waals surface area contributed by atoms with E-state index < -0.39 is 59.4 Å². The molecule has 7 nitrogen and oxygen atoms in total. The predicted octanol–water partition coefficient (Wildman–Crippen LogP) is 4.24. The van der Waals surface area contributed by atoms with E-state index in [1.54, 1.807) is 20.8 Å². The number of benzene rings is 1. The van der Waals surface area contributed by atoms with Gasteiger partial charge in [0.25, 0.3) is 0 Å². The Bertz CT molecular complexity index is 782. The van der Waals surface area contributed by atoms with Crippen molar-refractivity contribution in [3.8, 4) is 11.5 Å². The summed E-state index contributed by atoms with van der Waals surface area (Å²) >= 11 is 0. The molecule has 1 aliphatic heterocycles. The number of aromatic carboxylic acids is 1. The van der Waals surface area contributed by atoms with Crippen LogP contribution in [0, 0.1) is 5.82 Å². The van der Waals surface area contributed by atoms with E-state index in [0.29, 0.717) is 18.9 Å². The molecule has 0 aliphatic carbocycles. The van der Waals surface area contributed by atoms with E-state index >= 15 is 0 Å². The summed E-state index contributed by atoms with van der Waals surface area (Å²) in [7, 11) is 0. The highest BCUT2D eigenvalue weighted by atomic mass is 19.4. The molecule has 1 N–H and O–H groups in total. The Labute approximate surface area is 170 Å². The number of piperidine rings is 1. The minimum absolute atomic E-state index is 0.284. The van der Waals surface area contributed by atoms with Gasteiger partial charge in [-0.3, -0.25) is 0 Å². The number of alkyl halides is 3. The number of hydrogen-bond donors (Lipinski definition) is 1. The second-order valence-corrected chi connectivity index (χ2v) is 7.77. The van der Waals surface area contributed by atoms with Gasteiger partial charge in [0.2, 0.25) is 0 Å². The van der Waals surface area contributed by atoms with E-state index in [2.05, 4.69) is 4.74 Å². The Morgan fingerprint density at radius 3 is 2.23 bits per heavy atom. The number of amides is 1. The average Bonchev–Trinajstić information content (AvgIpc) is 2.60. The van der Waals surface area contributed by atoms with Crippen LogP contribution in [0.5, 0.6) is 11.5 Å². The van der Waals surface area contributed by atoms with Crippen LogP contribution in [0.1, 0.15) is 44.0 Å². The number of likely N-dealkylation sites (tertiary alicyclic amines) is 1. The Kier molecular flexibility index (Phi) is 7.04. The lowest BCUT2D eigenvalue weighted by molar-refractivity contribution is -0.153. The van der Waals surface area contributed by atoms with Crippen molar-refractivity contribution in [3.05, 3.63) is 23.5 Å². The first kappa shape index (κ1) is 23.6. The van der Waals surface area contributed by atoms with Crippen molar-refractivity contribution in [2.45, 2.75) is 51.5 Å². The van der Waals surface area contributed by atoms with Gasteiger partial charge < -0.3 is 24.2 Å². The Balaban J connectivity index is 2.06. The lowest BCUT2D eigenvalue weighted by atomic mass is 10.1. The van der Waals surface area contributed by atoms with Gasteiger partial charge >= 0.3 is 18.2 Å². The summed E-state index contributed by atoms with van der Waals surface area (Å²) in [6.45, 7) is 4.05. The second kappa shape index (κ2) is 8.97. The van der Waals surface area contributed by atoms with Crippen LogP contribution < -0.4 is 9.47 Å². The molecule has 11 heteroatoms. The summed E-state index contributed by atoms with van der Waals surface area (Å²) in [5.74, 6) is -3.75. The molecule has 1 aliphatic rings. The number of carboxylic acids is 1. The van der Waals surface area contributed by atoms with Crippen LogP contribution in [0.15, 0.2) is 12.1 Å². The van der Waals surface area contributed by atoms with Gasteiger partial charge in [-0.1, -0.05) is 0 Å². The molecule has 0 saturated carbocycles. The zero-order valence-corrected chi connectivity index (χ0v) is 16.7. The third-order valence-corrected chi connectivity index (χ3v) is 4.04. The van der Waals surface area contributed by atoms with Gasteiger partial charge in [-0.05, 0) is 26.8 Å². The molecule has 0 unspecified atom stereocenters. The van der Waals surface area contributed by atoms with Gasteiger partial charge in [0.1, 0.15) is 23.0 Å². The number of carbonyl (C=O) groups is 2. The van der Waals surface area contributed by atoms with Crippen molar-refractivity contribution in [2.75, 3.05) is 19.7 Å². The van der Waals surface area contributed by atoms with Gasteiger partial charge in [-0.2, -0.15) is 13.2 Å². The number of carbonyl (C=O) groups excluding carboxylic acids is 1. The van der Waals surface area contributed by atoms with Crippen molar-refractivity contribution in [1.82, 2.24) is 4.90 Å². The van der Waals surface area contributed by atoms with Crippen molar-refractivity contribution >= 4 is 12.1 Å². The van der Waals surface area contributed by atoms with Crippen LogP contribution >= 0.6 is 0 Å². The summed E-state index contributed by atoms with van der Waals surface area (Å²) in [5.41, 5.74) is -1.39. The lowest BCUT2D eigenvalue weighted by Crippen LogP contribution is -2.44. The molecular formula is C19H23F4NO6. The molecule has 0 radical (unpaired) electrons. The third kappa shape index (κ3) is 6.96. The van der Waals surface area contributed by atoms with Gasteiger partial charge in [-0.25, -0.2) is 14.0 Å². The molecule has 1 saturated heterocycles. The summed E-state index contributed by atoms with van der Waals surface area (Å²) in [6.07, 6.45) is -5.04. The predicted molar refractivity (Wildman–Crippen MR) is 96.4 cm³/mol. The summed E-state index contributed by atoms with van der Waals surface area (Å²) in [5, 5.41) is 9.08. The molecular weight excluding hydrogens is 414 g/mol. The maximum atomic E-state index is 14.3. The molecule has 2 rings (SSSR count). The smallest absolute Gasteiger partial charge is 0.422 e. The molecule has 1 amide bonds. The van der Waals surface area contributed by atoms with E-state index in [1.807, 2.05) is 0 Å². The Morgan fingerprint density at radius 2 is 1.73 bits per heavy atom. The minimum Gasteiger partial charge on any atom is -0.487 e. The fourth-order valence-electron chi connectivity index (χ4n) is 2.73. The monoisotopic (exact) mass is 437 g/mol. The van der Waals surface area contributed by atoms with Crippen LogP contribution in [0.4, 0.5) is 22.4 Å². The van der Waals surface area contributed by atoms with E-state index in [0.717, 1.165) is 6.07 Å². The zero-order valence-electron chi connectivity index (χ0n) is 16.7. The molecule has 1 fully saturated rings. The van der Waals surface area contributed by atoms with Crippen LogP contribution in [0.2, 0.25) is 0 Å². The van der Waals surface area contributed by atoms with Crippen LogP contribution in [-0.2, 0) is 4.74 Å². The molecule has 1 heterocycles. The summed E-state index contributed by atoms with van der Waals surface area (Å²) < 4.78 is 66.8.